The van der Waals surface area contributed by atoms with Crippen molar-refractivity contribution < 1.29 is 4.42 Å². The van der Waals surface area contributed by atoms with E-state index in [9.17, 15) is 0 Å². The first kappa shape index (κ1) is 9.71. The lowest BCUT2D eigenvalue weighted by Gasteiger charge is -1.95. The maximum absolute atomic E-state index is 5.14. The minimum atomic E-state index is 0.796. The molecule has 1 aromatic heterocycles. The van der Waals surface area contributed by atoms with Gasteiger partial charge in [-0.05, 0) is 24.1 Å². The summed E-state index contributed by atoms with van der Waals surface area (Å²) >= 11 is 0. The van der Waals surface area contributed by atoms with E-state index in [0.717, 1.165) is 18.7 Å². The molecule has 0 atom stereocenters. The average Bonchev–Trinajstić information content (AvgIpc) is 2.79. The van der Waals surface area contributed by atoms with E-state index in [1.807, 2.05) is 30.3 Å². The van der Waals surface area contributed by atoms with Crippen molar-refractivity contribution in [2.75, 3.05) is 6.54 Å². The van der Waals surface area contributed by atoms with Gasteiger partial charge < -0.3 is 4.42 Å². The van der Waals surface area contributed by atoms with Gasteiger partial charge in [0.05, 0.1) is 12.5 Å². The molecule has 2 rings (SSSR count). The predicted molar refractivity (Wildman–Crippen MR) is 61.3 cm³/mol. The van der Waals surface area contributed by atoms with Crippen LogP contribution in [0.25, 0.3) is 0 Å². The van der Waals surface area contributed by atoms with Crippen LogP contribution in [0.15, 0.2) is 58.1 Å². The Kier molecular flexibility index (Phi) is 3.34. The van der Waals surface area contributed by atoms with Crippen molar-refractivity contribution in [1.29, 1.82) is 0 Å². The fourth-order valence-electron chi connectivity index (χ4n) is 1.36. The SMILES string of the molecule is C(=NCCc1ccccc1)c1ccco1. The van der Waals surface area contributed by atoms with Crippen LogP contribution < -0.4 is 0 Å². The van der Waals surface area contributed by atoms with E-state index in [1.165, 1.54) is 5.56 Å². The van der Waals surface area contributed by atoms with E-state index in [1.54, 1.807) is 12.5 Å². The maximum Gasteiger partial charge on any atom is 0.144 e. The van der Waals surface area contributed by atoms with Gasteiger partial charge in [-0.3, -0.25) is 4.99 Å². The Bertz CT molecular complexity index is 403. The van der Waals surface area contributed by atoms with Crippen LogP contribution in [0.4, 0.5) is 0 Å². The van der Waals surface area contributed by atoms with Gasteiger partial charge in [0.15, 0.2) is 0 Å². The first-order chi connectivity index (χ1) is 7.45. The van der Waals surface area contributed by atoms with Crippen LogP contribution in [0.1, 0.15) is 11.3 Å². The fourth-order valence-corrected chi connectivity index (χ4v) is 1.36. The summed E-state index contributed by atoms with van der Waals surface area (Å²) in [6.07, 6.45) is 4.39. The molecular formula is C13H13NO. The molecule has 1 aromatic carbocycles. The molecule has 0 fully saturated rings. The Labute approximate surface area is 89.3 Å². The Morgan fingerprint density at radius 2 is 1.93 bits per heavy atom. The number of rotatable bonds is 4. The van der Waals surface area contributed by atoms with Crippen molar-refractivity contribution in [3.8, 4) is 0 Å². The quantitative estimate of drug-likeness (QED) is 0.695. The lowest BCUT2D eigenvalue weighted by atomic mass is 10.2. The second-order valence-electron chi connectivity index (χ2n) is 3.29. The molecule has 0 spiro atoms. The van der Waals surface area contributed by atoms with E-state index >= 15 is 0 Å². The minimum absolute atomic E-state index is 0.796. The summed E-state index contributed by atoms with van der Waals surface area (Å²) in [7, 11) is 0. The van der Waals surface area contributed by atoms with Crippen LogP contribution in [-0.4, -0.2) is 12.8 Å². The molecule has 0 saturated carbocycles. The van der Waals surface area contributed by atoms with Crippen LogP contribution in [-0.2, 0) is 6.42 Å². The van der Waals surface area contributed by atoms with Gasteiger partial charge in [-0.2, -0.15) is 0 Å². The van der Waals surface area contributed by atoms with Gasteiger partial charge in [-0.15, -0.1) is 0 Å². The normalized spacial score (nSPS) is 10.9. The Hall–Kier alpha value is -1.83. The van der Waals surface area contributed by atoms with Crippen molar-refractivity contribution in [2.45, 2.75) is 6.42 Å². The third-order valence-corrected chi connectivity index (χ3v) is 2.13. The maximum atomic E-state index is 5.14. The van der Waals surface area contributed by atoms with Gasteiger partial charge in [0.25, 0.3) is 0 Å². The smallest absolute Gasteiger partial charge is 0.144 e. The van der Waals surface area contributed by atoms with Crippen molar-refractivity contribution in [2.24, 2.45) is 4.99 Å². The second kappa shape index (κ2) is 5.15. The zero-order valence-corrected chi connectivity index (χ0v) is 8.47. The van der Waals surface area contributed by atoms with Crippen LogP contribution in [0.3, 0.4) is 0 Å². The molecule has 0 aliphatic heterocycles. The second-order valence-corrected chi connectivity index (χ2v) is 3.29. The molecule has 0 N–H and O–H groups in total. The van der Waals surface area contributed by atoms with Crippen molar-refractivity contribution in [1.82, 2.24) is 0 Å². The summed E-state index contributed by atoms with van der Waals surface area (Å²) in [5.41, 5.74) is 1.31. The lowest BCUT2D eigenvalue weighted by molar-refractivity contribution is 0.560. The van der Waals surface area contributed by atoms with Gasteiger partial charge >= 0.3 is 0 Å². The first-order valence-electron chi connectivity index (χ1n) is 5.02. The zero-order valence-electron chi connectivity index (χ0n) is 8.47. The summed E-state index contributed by atoms with van der Waals surface area (Å²) in [4.78, 5) is 4.29. The number of hydrogen-bond donors (Lipinski definition) is 0. The Morgan fingerprint density at radius 1 is 1.07 bits per heavy atom. The molecule has 0 bridgehead atoms. The van der Waals surface area contributed by atoms with Gasteiger partial charge in [0.2, 0.25) is 0 Å². The topological polar surface area (TPSA) is 25.5 Å². The third-order valence-electron chi connectivity index (χ3n) is 2.13. The Morgan fingerprint density at radius 3 is 2.67 bits per heavy atom. The summed E-state index contributed by atoms with van der Waals surface area (Å²) in [5, 5.41) is 0. The van der Waals surface area contributed by atoms with E-state index < -0.39 is 0 Å². The Balaban J connectivity index is 1.80. The van der Waals surface area contributed by atoms with Gasteiger partial charge in [-0.1, -0.05) is 30.3 Å². The van der Waals surface area contributed by atoms with E-state index in [4.69, 9.17) is 4.42 Å². The summed E-state index contributed by atoms with van der Waals surface area (Å²) in [5.74, 6) is 0.808. The summed E-state index contributed by atoms with van der Waals surface area (Å²) < 4.78 is 5.14. The highest BCUT2D eigenvalue weighted by atomic mass is 16.3. The molecule has 0 radical (unpaired) electrons. The minimum Gasteiger partial charge on any atom is -0.463 e. The summed E-state index contributed by atoms with van der Waals surface area (Å²) in [6.45, 7) is 0.796. The molecular weight excluding hydrogens is 186 g/mol. The molecule has 0 unspecified atom stereocenters. The molecule has 0 aliphatic rings. The largest absolute Gasteiger partial charge is 0.463 e. The standard InChI is InChI=1S/C13H13NO/c1-2-5-12(6-3-1)8-9-14-11-13-7-4-10-15-13/h1-7,10-11H,8-9H2. The number of benzene rings is 1. The van der Waals surface area contributed by atoms with Crippen LogP contribution in [0.5, 0.6) is 0 Å². The van der Waals surface area contributed by atoms with E-state index in [-0.39, 0.29) is 0 Å². The molecule has 2 nitrogen and oxygen atoms in total. The van der Waals surface area contributed by atoms with Crippen LogP contribution in [0, 0.1) is 0 Å². The third kappa shape index (κ3) is 3.09. The molecule has 0 amide bonds. The highest BCUT2D eigenvalue weighted by molar-refractivity contribution is 5.75. The van der Waals surface area contributed by atoms with E-state index in [0.29, 0.717) is 0 Å². The molecule has 2 heteroatoms. The van der Waals surface area contributed by atoms with Crippen molar-refractivity contribution in [3.63, 3.8) is 0 Å². The molecule has 15 heavy (non-hydrogen) atoms. The predicted octanol–water partition coefficient (Wildman–Crippen LogP) is 2.94. The monoisotopic (exact) mass is 199 g/mol. The molecule has 2 aromatic rings. The fraction of sp³-hybridized carbons (Fsp3) is 0.154. The number of nitrogens with zero attached hydrogens (tertiary/aromatic N) is 1. The van der Waals surface area contributed by atoms with Crippen molar-refractivity contribution in [3.05, 3.63) is 60.1 Å². The highest BCUT2D eigenvalue weighted by Gasteiger charge is 1.90. The average molecular weight is 199 g/mol. The molecule has 0 saturated heterocycles. The number of hydrogen-bond acceptors (Lipinski definition) is 2. The zero-order chi connectivity index (χ0) is 10.3. The summed E-state index contributed by atoms with van der Waals surface area (Å²) in [6, 6.07) is 14.1. The number of aliphatic imine (C=N–C) groups is 1. The molecule has 1 heterocycles. The lowest BCUT2D eigenvalue weighted by Crippen LogP contribution is -1.89. The molecule has 0 aliphatic carbocycles. The highest BCUT2D eigenvalue weighted by Crippen LogP contribution is 2.00. The van der Waals surface area contributed by atoms with E-state index in [2.05, 4.69) is 17.1 Å². The van der Waals surface area contributed by atoms with Crippen LogP contribution >= 0.6 is 0 Å². The van der Waals surface area contributed by atoms with Gasteiger partial charge in [-0.25, -0.2) is 0 Å². The number of furan rings is 1. The first-order valence-corrected chi connectivity index (χ1v) is 5.02. The van der Waals surface area contributed by atoms with Crippen molar-refractivity contribution >= 4 is 6.21 Å². The van der Waals surface area contributed by atoms with Gasteiger partial charge in [0, 0.05) is 6.54 Å². The van der Waals surface area contributed by atoms with Crippen LogP contribution in [0.2, 0.25) is 0 Å². The van der Waals surface area contributed by atoms with Gasteiger partial charge in [0.1, 0.15) is 5.76 Å². The molecule has 76 valence electrons.